The Morgan fingerprint density at radius 2 is 1.86 bits per heavy atom. The van der Waals surface area contributed by atoms with E-state index in [1.165, 1.54) is 0 Å². The molecule has 1 amide bonds. The van der Waals surface area contributed by atoms with Gasteiger partial charge < -0.3 is 15.2 Å². The van der Waals surface area contributed by atoms with Crippen molar-refractivity contribution in [2.75, 3.05) is 39.3 Å². The Bertz CT molecular complexity index is 472. The predicted octanol–water partition coefficient (Wildman–Crippen LogP) is 1.47. The van der Waals surface area contributed by atoms with Gasteiger partial charge in [-0.2, -0.15) is 0 Å². The molecule has 0 saturated carbocycles. The molecule has 0 unspecified atom stereocenters. The number of carbonyl (C=O) groups is 1. The number of hydrogen-bond acceptors (Lipinski definition) is 3. The first-order valence-corrected chi connectivity index (χ1v) is 7.82. The molecular weight excluding hydrogens is 264 g/mol. The highest BCUT2D eigenvalue weighted by Crippen LogP contribution is 2.12. The summed E-state index contributed by atoms with van der Waals surface area (Å²) < 4.78 is 0. The first-order valence-electron chi connectivity index (χ1n) is 7.82. The third-order valence-corrected chi connectivity index (χ3v) is 4.18. The largest absolute Gasteiger partial charge is 0.367 e. The number of aromatic nitrogens is 1. The Morgan fingerprint density at radius 1 is 1.24 bits per heavy atom. The molecule has 0 aliphatic carbocycles. The van der Waals surface area contributed by atoms with E-state index in [1.807, 2.05) is 13.1 Å². The number of aromatic amines is 1. The zero-order valence-corrected chi connectivity index (χ0v) is 13.7. The SMILES string of the molecule is CCN1CCN(CC(C)(C)NC(=O)c2c[nH]cc2C)CC1. The summed E-state index contributed by atoms with van der Waals surface area (Å²) >= 11 is 0. The summed E-state index contributed by atoms with van der Waals surface area (Å²) in [6.45, 7) is 14.8. The summed E-state index contributed by atoms with van der Waals surface area (Å²) in [6, 6.07) is 0. The van der Waals surface area contributed by atoms with Crippen molar-refractivity contribution in [3.8, 4) is 0 Å². The van der Waals surface area contributed by atoms with Crippen LogP contribution in [0.1, 0.15) is 36.7 Å². The number of aryl methyl sites for hydroxylation is 1. The Kier molecular flexibility index (Phi) is 5.06. The van der Waals surface area contributed by atoms with Gasteiger partial charge in [-0.15, -0.1) is 0 Å². The minimum Gasteiger partial charge on any atom is -0.367 e. The fourth-order valence-corrected chi connectivity index (χ4v) is 2.92. The Balaban J connectivity index is 1.87. The van der Waals surface area contributed by atoms with Gasteiger partial charge in [-0.1, -0.05) is 6.92 Å². The Labute approximate surface area is 127 Å². The smallest absolute Gasteiger partial charge is 0.253 e. The van der Waals surface area contributed by atoms with Crippen LogP contribution in [-0.4, -0.2) is 65.5 Å². The molecule has 1 aliphatic rings. The van der Waals surface area contributed by atoms with E-state index in [0.29, 0.717) is 0 Å². The fraction of sp³-hybridized carbons (Fsp3) is 0.688. The molecule has 118 valence electrons. The van der Waals surface area contributed by atoms with E-state index in [9.17, 15) is 4.79 Å². The lowest BCUT2D eigenvalue weighted by atomic mass is 10.0. The number of H-pyrrole nitrogens is 1. The maximum Gasteiger partial charge on any atom is 0.253 e. The molecule has 1 aliphatic heterocycles. The van der Waals surface area contributed by atoms with Gasteiger partial charge in [0.05, 0.1) is 5.56 Å². The first-order chi connectivity index (χ1) is 9.91. The predicted molar refractivity (Wildman–Crippen MR) is 85.6 cm³/mol. The highest BCUT2D eigenvalue weighted by Gasteiger charge is 2.26. The van der Waals surface area contributed by atoms with Crippen molar-refractivity contribution in [1.29, 1.82) is 0 Å². The standard InChI is InChI=1S/C16H28N4O/c1-5-19-6-8-20(9-7-19)12-16(3,4)18-15(21)14-11-17-10-13(14)2/h10-11,17H,5-9,12H2,1-4H3,(H,18,21). The molecule has 2 rings (SSSR count). The summed E-state index contributed by atoms with van der Waals surface area (Å²) in [7, 11) is 0. The molecule has 0 radical (unpaired) electrons. The van der Waals surface area contributed by atoms with Crippen LogP contribution in [0, 0.1) is 6.92 Å². The van der Waals surface area contributed by atoms with Crippen LogP contribution in [-0.2, 0) is 0 Å². The van der Waals surface area contributed by atoms with E-state index < -0.39 is 0 Å². The van der Waals surface area contributed by atoms with Crippen LogP contribution in [0.15, 0.2) is 12.4 Å². The van der Waals surface area contributed by atoms with Gasteiger partial charge in [0.15, 0.2) is 0 Å². The summed E-state index contributed by atoms with van der Waals surface area (Å²) in [6.07, 6.45) is 3.62. The highest BCUT2D eigenvalue weighted by molar-refractivity contribution is 5.95. The molecule has 2 N–H and O–H groups in total. The maximum absolute atomic E-state index is 12.3. The van der Waals surface area contributed by atoms with Crippen molar-refractivity contribution in [2.45, 2.75) is 33.2 Å². The van der Waals surface area contributed by atoms with E-state index >= 15 is 0 Å². The van der Waals surface area contributed by atoms with E-state index in [-0.39, 0.29) is 11.4 Å². The second kappa shape index (κ2) is 6.62. The summed E-state index contributed by atoms with van der Waals surface area (Å²) in [5.74, 6) is 0.00550. The number of amides is 1. The van der Waals surface area contributed by atoms with E-state index in [2.05, 4.69) is 40.9 Å². The minimum absolute atomic E-state index is 0.00550. The summed E-state index contributed by atoms with van der Waals surface area (Å²) in [5.41, 5.74) is 1.49. The van der Waals surface area contributed by atoms with Gasteiger partial charge in [-0.3, -0.25) is 9.69 Å². The number of hydrogen-bond donors (Lipinski definition) is 2. The second-order valence-electron chi connectivity index (χ2n) is 6.60. The average Bonchev–Trinajstić information content (AvgIpc) is 2.85. The lowest BCUT2D eigenvalue weighted by Crippen LogP contribution is -2.55. The minimum atomic E-state index is -0.227. The third-order valence-electron chi connectivity index (χ3n) is 4.18. The van der Waals surface area contributed by atoms with Gasteiger partial charge in [0.25, 0.3) is 5.91 Å². The van der Waals surface area contributed by atoms with Crippen molar-refractivity contribution >= 4 is 5.91 Å². The van der Waals surface area contributed by atoms with Gasteiger partial charge in [-0.25, -0.2) is 0 Å². The molecule has 1 aromatic heterocycles. The zero-order valence-electron chi connectivity index (χ0n) is 13.7. The van der Waals surface area contributed by atoms with E-state index in [0.717, 1.165) is 50.4 Å². The van der Waals surface area contributed by atoms with Gasteiger partial charge in [0.2, 0.25) is 0 Å². The number of likely N-dealkylation sites (N-methyl/N-ethyl adjacent to an activating group) is 1. The molecular formula is C16H28N4O. The molecule has 0 spiro atoms. The molecule has 0 aromatic carbocycles. The Morgan fingerprint density at radius 3 is 2.38 bits per heavy atom. The Hall–Kier alpha value is -1.33. The normalized spacial score (nSPS) is 17.9. The van der Waals surface area contributed by atoms with Crippen LogP contribution < -0.4 is 5.32 Å². The quantitative estimate of drug-likeness (QED) is 0.864. The van der Waals surface area contributed by atoms with Crippen LogP contribution in [0.5, 0.6) is 0 Å². The molecule has 1 fully saturated rings. The first kappa shape index (κ1) is 16.0. The molecule has 1 aromatic rings. The molecule has 1 saturated heterocycles. The number of nitrogens with one attached hydrogen (secondary N) is 2. The lowest BCUT2D eigenvalue weighted by Gasteiger charge is -2.38. The summed E-state index contributed by atoms with van der Waals surface area (Å²) in [5, 5.41) is 3.16. The highest BCUT2D eigenvalue weighted by atomic mass is 16.1. The van der Waals surface area contributed by atoms with Crippen molar-refractivity contribution in [2.24, 2.45) is 0 Å². The van der Waals surface area contributed by atoms with Gasteiger partial charge in [-0.05, 0) is 32.9 Å². The maximum atomic E-state index is 12.3. The number of nitrogens with zero attached hydrogens (tertiary/aromatic N) is 2. The number of piperazine rings is 1. The zero-order chi connectivity index (χ0) is 15.5. The summed E-state index contributed by atoms with van der Waals surface area (Å²) in [4.78, 5) is 20.2. The lowest BCUT2D eigenvalue weighted by molar-refractivity contribution is 0.0834. The van der Waals surface area contributed by atoms with Crippen molar-refractivity contribution in [1.82, 2.24) is 20.1 Å². The average molecular weight is 292 g/mol. The topological polar surface area (TPSA) is 51.4 Å². The van der Waals surface area contributed by atoms with Crippen molar-refractivity contribution in [3.05, 3.63) is 23.5 Å². The third kappa shape index (κ3) is 4.32. The van der Waals surface area contributed by atoms with Gasteiger partial charge in [0.1, 0.15) is 0 Å². The van der Waals surface area contributed by atoms with Crippen LogP contribution in [0.25, 0.3) is 0 Å². The number of rotatable bonds is 5. The second-order valence-corrected chi connectivity index (χ2v) is 6.60. The van der Waals surface area contributed by atoms with Gasteiger partial charge in [0, 0.05) is 50.7 Å². The van der Waals surface area contributed by atoms with Crippen molar-refractivity contribution < 1.29 is 4.79 Å². The van der Waals surface area contributed by atoms with E-state index in [4.69, 9.17) is 0 Å². The molecule has 5 heteroatoms. The molecule has 0 atom stereocenters. The van der Waals surface area contributed by atoms with Crippen molar-refractivity contribution in [3.63, 3.8) is 0 Å². The van der Waals surface area contributed by atoms with Crippen LogP contribution >= 0.6 is 0 Å². The van der Waals surface area contributed by atoms with Crippen LogP contribution in [0.2, 0.25) is 0 Å². The number of carbonyl (C=O) groups excluding carboxylic acids is 1. The van der Waals surface area contributed by atoms with Crippen LogP contribution in [0.4, 0.5) is 0 Å². The monoisotopic (exact) mass is 292 g/mol. The molecule has 5 nitrogen and oxygen atoms in total. The van der Waals surface area contributed by atoms with Crippen LogP contribution in [0.3, 0.4) is 0 Å². The molecule has 0 bridgehead atoms. The van der Waals surface area contributed by atoms with E-state index in [1.54, 1.807) is 6.20 Å². The molecule has 2 heterocycles. The fourth-order valence-electron chi connectivity index (χ4n) is 2.92. The van der Waals surface area contributed by atoms with Gasteiger partial charge >= 0.3 is 0 Å². The molecule has 21 heavy (non-hydrogen) atoms.